The molecule has 1 heterocycles. The van der Waals surface area contributed by atoms with E-state index < -0.39 is 61.0 Å². The Morgan fingerprint density at radius 1 is 0.516 bits per heavy atom. The minimum Gasteiger partial charge on any atom is -0.497 e. The molecule has 10 atom stereocenters. The number of hydrogen-bond acceptors (Lipinski definition) is 13. The molecule has 6 rings (SSSR count). The maximum absolute atomic E-state index is 10.1. The summed E-state index contributed by atoms with van der Waals surface area (Å²) in [5.74, 6) is 2.67. The van der Waals surface area contributed by atoms with Gasteiger partial charge in [-0.3, -0.25) is 0 Å². The average molecular weight is 878 g/mol. The van der Waals surface area contributed by atoms with Crippen LogP contribution in [0.2, 0.25) is 0 Å². The number of methoxy groups -OCH3 is 4. The van der Waals surface area contributed by atoms with Crippen LogP contribution in [0.3, 0.4) is 0 Å². The van der Waals surface area contributed by atoms with Crippen molar-refractivity contribution in [3.8, 4) is 23.0 Å². The van der Waals surface area contributed by atoms with E-state index in [2.05, 4.69) is 36.7 Å². The second-order valence-electron chi connectivity index (χ2n) is 14.8. The summed E-state index contributed by atoms with van der Waals surface area (Å²) in [5, 5.41) is 12.4. The lowest BCUT2D eigenvalue weighted by atomic mass is 9.83. The lowest BCUT2D eigenvalue weighted by molar-refractivity contribution is -0.299. The summed E-state index contributed by atoms with van der Waals surface area (Å²) in [4.78, 5) is 9.47. The Morgan fingerprint density at radius 2 is 0.875 bits per heavy atom. The fourth-order valence-electron chi connectivity index (χ4n) is 7.59. The molecule has 0 unspecified atom stereocenters. The molecule has 1 aliphatic heterocycles. The Morgan fingerprint density at radius 3 is 1.25 bits per heavy atom. The summed E-state index contributed by atoms with van der Waals surface area (Å²) in [7, 11) is 6.32. The highest BCUT2D eigenvalue weighted by molar-refractivity contribution is 5.29. The van der Waals surface area contributed by atoms with Gasteiger partial charge in [0.25, 0.3) is 0 Å². The molecular weight excluding hydrogens is 827 g/mol. The monoisotopic (exact) mass is 877 g/mol. The van der Waals surface area contributed by atoms with Crippen LogP contribution in [0.15, 0.2) is 125 Å². The SMILES string of the molecule is C=C[C@@H]1O[C@H](O[C@H]2[C@H](OCc3ccc(OC)cc3)[C@@H](OCc3ccc(OC)cc3)[C@H](N=[N+]=[N-])C[C@@H]2N=[N+]=[N-])[C@@H](N=[N+]=[N-])[C@@H](OCc2ccc(OC)cc2)[C@H]1OCc1ccc(OC)cc1. The second-order valence-corrected chi connectivity index (χ2v) is 14.8. The number of ether oxygens (including phenoxy) is 10. The lowest BCUT2D eigenvalue weighted by Crippen LogP contribution is -2.63. The Kier molecular flexibility index (Phi) is 17.5. The molecule has 336 valence electrons. The van der Waals surface area contributed by atoms with Crippen molar-refractivity contribution in [1.29, 1.82) is 0 Å². The molecule has 0 radical (unpaired) electrons. The van der Waals surface area contributed by atoms with Gasteiger partial charge in [-0.2, -0.15) is 0 Å². The highest BCUT2D eigenvalue weighted by Crippen LogP contribution is 2.38. The Hall–Kier alpha value is -6.49. The van der Waals surface area contributed by atoms with Crippen LogP contribution in [0.5, 0.6) is 23.0 Å². The third-order valence-electron chi connectivity index (χ3n) is 11.0. The molecule has 4 aromatic carbocycles. The molecule has 2 aliphatic rings. The van der Waals surface area contributed by atoms with E-state index in [4.69, 9.17) is 47.4 Å². The Balaban J connectivity index is 1.37. The molecule has 19 nitrogen and oxygen atoms in total. The van der Waals surface area contributed by atoms with Crippen LogP contribution in [0.1, 0.15) is 28.7 Å². The van der Waals surface area contributed by atoms with E-state index in [1.54, 1.807) is 58.8 Å². The minimum atomic E-state index is -1.34. The molecule has 64 heavy (non-hydrogen) atoms. The van der Waals surface area contributed by atoms with Crippen molar-refractivity contribution in [2.75, 3.05) is 28.4 Å². The van der Waals surface area contributed by atoms with Gasteiger partial charge in [-0.1, -0.05) is 69.9 Å². The summed E-state index contributed by atoms with van der Waals surface area (Å²) >= 11 is 0. The normalized spacial score (nSPS) is 25.1. The molecule has 19 heteroatoms. The maximum atomic E-state index is 10.1. The zero-order valence-electron chi connectivity index (χ0n) is 35.9. The average Bonchev–Trinajstić information content (AvgIpc) is 3.34. The number of nitrogens with zero attached hydrogens (tertiary/aromatic N) is 9. The molecule has 4 aromatic rings. The number of azide groups is 3. The van der Waals surface area contributed by atoms with Crippen molar-refractivity contribution in [3.05, 3.63) is 163 Å². The van der Waals surface area contributed by atoms with E-state index in [0.717, 1.165) is 22.3 Å². The first-order valence-corrected chi connectivity index (χ1v) is 20.4. The molecule has 1 aliphatic carbocycles. The van der Waals surface area contributed by atoms with Crippen LogP contribution in [0.4, 0.5) is 0 Å². The number of hydrogen-bond donors (Lipinski definition) is 0. The molecule has 0 N–H and O–H groups in total. The van der Waals surface area contributed by atoms with Gasteiger partial charge in [0.1, 0.15) is 53.5 Å². The first kappa shape index (κ1) is 47.0. The lowest BCUT2D eigenvalue weighted by Gasteiger charge is -2.48. The largest absolute Gasteiger partial charge is 0.497 e. The van der Waals surface area contributed by atoms with Crippen molar-refractivity contribution in [2.24, 2.45) is 15.3 Å². The third kappa shape index (κ3) is 12.2. The molecule has 2 fully saturated rings. The zero-order valence-corrected chi connectivity index (χ0v) is 35.9. The molecular formula is C45H51N9O10. The number of rotatable bonds is 22. The number of benzene rings is 4. The first-order valence-electron chi connectivity index (χ1n) is 20.4. The van der Waals surface area contributed by atoms with Crippen LogP contribution >= 0.6 is 0 Å². The second kappa shape index (κ2) is 23.8. The van der Waals surface area contributed by atoms with Crippen molar-refractivity contribution >= 4 is 0 Å². The van der Waals surface area contributed by atoms with E-state index in [0.29, 0.717) is 23.0 Å². The van der Waals surface area contributed by atoms with Crippen molar-refractivity contribution in [1.82, 2.24) is 0 Å². The molecule has 0 amide bonds. The molecule has 0 aromatic heterocycles. The van der Waals surface area contributed by atoms with Crippen molar-refractivity contribution < 1.29 is 47.4 Å². The summed E-state index contributed by atoms with van der Waals surface area (Å²) in [6.07, 6.45) is -5.58. The van der Waals surface area contributed by atoms with Gasteiger partial charge in [-0.15, -0.1) is 6.58 Å². The highest BCUT2D eigenvalue weighted by atomic mass is 16.7. The zero-order chi connectivity index (χ0) is 45.3. The fourth-order valence-corrected chi connectivity index (χ4v) is 7.59. The highest BCUT2D eigenvalue weighted by Gasteiger charge is 2.52. The van der Waals surface area contributed by atoms with Gasteiger partial charge >= 0.3 is 0 Å². The predicted octanol–water partition coefficient (Wildman–Crippen LogP) is 9.10. The minimum absolute atomic E-state index is 0.0171. The quantitative estimate of drug-likeness (QED) is 0.0314. The fraction of sp³-hybridized carbons (Fsp3) is 0.422. The van der Waals surface area contributed by atoms with E-state index in [1.807, 2.05) is 72.8 Å². The summed E-state index contributed by atoms with van der Waals surface area (Å²) < 4.78 is 61.2. The van der Waals surface area contributed by atoms with Crippen LogP contribution in [-0.2, 0) is 54.8 Å². The third-order valence-corrected chi connectivity index (χ3v) is 11.0. The van der Waals surface area contributed by atoms with Gasteiger partial charge in [-0.25, -0.2) is 0 Å². The Labute approximate surface area is 370 Å². The van der Waals surface area contributed by atoms with E-state index >= 15 is 0 Å². The first-order chi connectivity index (χ1) is 31.3. The molecule has 1 saturated carbocycles. The van der Waals surface area contributed by atoms with Crippen LogP contribution in [0, 0.1) is 0 Å². The standard InChI is InChI=1S/C45H51N9O10/c1-6-38-42(60-25-29-9-17-33(56-3)18-10-29)43(61-26-30-11-19-34(57-4)20-12-30)39(51-54-48)45(63-38)64-41-37(50-53-47)23-36(49-52-46)40(59-24-28-7-15-32(55-2)16-8-28)44(41)62-27-31-13-21-35(58-5)22-14-31/h6-22,36-45H,1,23-27H2,2-5H3/t36-,37+,38+,39+,40+,41-,42+,43-,44-,45-/m1/s1. The summed E-state index contributed by atoms with van der Waals surface area (Å²) in [5.41, 5.74) is 32.9. The predicted molar refractivity (Wildman–Crippen MR) is 233 cm³/mol. The molecule has 1 saturated heterocycles. The Bertz CT molecular complexity index is 2240. The van der Waals surface area contributed by atoms with Gasteiger partial charge in [0.05, 0.1) is 79.2 Å². The van der Waals surface area contributed by atoms with E-state index in [-0.39, 0.29) is 32.8 Å². The van der Waals surface area contributed by atoms with Gasteiger partial charge in [-0.05, 0) is 93.8 Å². The van der Waals surface area contributed by atoms with Crippen LogP contribution < -0.4 is 18.9 Å². The van der Waals surface area contributed by atoms with Gasteiger partial charge < -0.3 is 47.4 Å². The van der Waals surface area contributed by atoms with Gasteiger partial charge in [0.15, 0.2) is 6.29 Å². The van der Waals surface area contributed by atoms with E-state index in [9.17, 15) is 16.6 Å². The van der Waals surface area contributed by atoms with E-state index in [1.165, 1.54) is 0 Å². The summed E-state index contributed by atoms with van der Waals surface area (Å²) in [6.45, 7) is 4.40. The van der Waals surface area contributed by atoms with Gasteiger partial charge in [0.2, 0.25) is 0 Å². The topological polar surface area (TPSA) is 239 Å². The summed E-state index contributed by atoms with van der Waals surface area (Å²) in [6, 6.07) is 26.3. The molecule has 0 bridgehead atoms. The molecule has 0 spiro atoms. The maximum Gasteiger partial charge on any atom is 0.170 e. The van der Waals surface area contributed by atoms with Crippen molar-refractivity contribution in [3.63, 3.8) is 0 Å². The van der Waals surface area contributed by atoms with Crippen LogP contribution in [0.25, 0.3) is 31.3 Å². The van der Waals surface area contributed by atoms with Crippen molar-refractivity contribution in [2.45, 2.75) is 93.9 Å². The smallest absolute Gasteiger partial charge is 0.170 e. The van der Waals surface area contributed by atoms with Gasteiger partial charge in [0, 0.05) is 14.7 Å². The van der Waals surface area contributed by atoms with Crippen LogP contribution in [-0.4, -0.2) is 89.5 Å².